The van der Waals surface area contributed by atoms with Crippen LogP contribution in [0.3, 0.4) is 0 Å². The van der Waals surface area contributed by atoms with Gasteiger partial charge in [-0.1, -0.05) is 0 Å². The van der Waals surface area contributed by atoms with Gasteiger partial charge in [0.2, 0.25) is 0 Å². The van der Waals surface area contributed by atoms with E-state index < -0.39 is 0 Å². The zero-order valence-corrected chi connectivity index (χ0v) is 13.5. The largest absolute Gasteiger partial charge is 0.378 e. The topological polar surface area (TPSA) is 80.1 Å². The van der Waals surface area contributed by atoms with Gasteiger partial charge in [-0.15, -0.1) is 0 Å². The van der Waals surface area contributed by atoms with Crippen molar-refractivity contribution in [1.82, 2.24) is 18.8 Å². The van der Waals surface area contributed by atoms with Crippen LogP contribution in [0.2, 0.25) is 0 Å². The third kappa shape index (κ3) is 2.29. The number of hydrogen-bond donors (Lipinski definition) is 1. The molecule has 2 aromatic rings. The zero-order chi connectivity index (χ0) is 15.9. The van der Waals surface area contributed by atoms with Crippen molar-refractivity contribution in [2.75, 3.05) is 18.9 Å². The van der Waals surface area contributed by atoms with Crippen molar-refractivity contribution >= 4 is 22.4 Å². The average Bonchev–Trinajstić information content (AvgIpc) is 2.90. The van der Waals surface area contributed by atoms with Crippen LogP contribution in [0.15, 0.2) is 11.1 Å². The molecule has 22 heavy (non-hydrogen) atoms. The summed E-state index contributed by atoms with van der Waals surface area (Å²) < 4.78 is 5.71. The third-order valence-corrected chi connectivity index (χ3v) is 4.83. The van der Waals surface area contributed by atoms with E-state index in [1.54, 1.807) is 19.0 Å². The quantitative estimate of drug-likeness (QED) is 0.885. The van der Waals surface area contributed by atoms with E-state index >= 15 is 0 Å². The van der Waals surface area contributed by atoms with Gasteiger partial charge in [-0.2, -0.15) is 4.37 Å². The number of amides is 1. The molecule has 0 saturated heterocycles. The van der Waals surface area contributed by atoms with Gasteiger partial charge < -0.3 is 14.8 Å². The van der Waals surface area contributed by atoms with Crippen molar-refractivity contribution in [2.45, 2.75) is 19.9 Å². The van der Waals surface area contributed by atoms with E-state index in [-0.39, 0.29) is 11.5 Å². The fourth-order valence-corrected chi connectivity index (χ4v) is 3.38. The number of nitrogens with one attached hydrogen (secondary N) is 1. The van der Waals surface area contributed by atoms with Crippen molar-refractivity contribution in [3.8, 4) is 0 Å². The van der Waals surface area contributed by atoms with E-state index in [4.69, 9.17) is 0 Å². The van der Waals surface area contributed by atoms with Gasteiger partial charge in [0.05, 0.1) is 29.8 Å². The van der Waals surface area contributed by atoms with Crippen molar-refractivity contribution in [3.05, 3.63) is 39.2 Å². The van der Waals surface area contributed by atoms with E-state index in [0.717, 1.165) is 10.7 Å². The molecule has 2 aromatic heterocycles. The van der Waals surface area contributed by atoms with Crippen molar-refractivity contribution in [1.29, 1.82) is 0 Å². The van der Waals surface area contributed by atoms with Gasteiger partial charge >= 0.3 is 0 Å². The van der Waals surface area contributed by atoms with E-state index in [1.807, 2.05) is 6.92 Å². The Balaban J connectivity index is 1.92. The van der Waals surface area contributed by atoms with Crippen molar-refractivity contribution in [3.63, 3.8) is 0 Å². The highest BCUT2D eigenvalue weighted by Gasteiger charge is 2.28. The Labute approximate surface area is 131 Å². The second-order valence-corrected chi connectivity index (χ2v) is 6.06. The Kier molecular flexibility index (Phi) is 3.69. The molecule has 0 aromatic carbocycles. The van der Waals surface area contributed by atoms with Crippen LogP contribution in [-0.4, -0.2) is 38.3 Å². The summed E-state index contributed by atoms with van der Waals surface area (Å²) in [6.45, 7) is 2.71. The fourth-order valence-electron chi connectivity index (χ4n) is 2.64. The van der Waals surface area contributed by atoms with E-state index in [1.165, 1.54) is 22.4 Å². The predicted octanol–water partition coefficient (Wildman–Crippen LogP) is 0.785. The van der Waals surface area contributed by atoms with Crippen LogP contribution in [0.1, 0.15) is 27.3 Å². The molecule has 1 N–H and O–H groups in total. The lowest BCUT2D eigenvalue weighted by Gasteiger charge is -2.28. The Morgan fingerprint density at radius 2 is 2.23 bits per heavy atom. The van der Waals surface area contributed by atoms with Crippen LogP contribution in [-0.2, 0) is 20.0 Å². The van der Waals surface area contributed by atoms with E-state index in [2.05, 4.69) is 14.7 Å². The summed E-state index contributed by atoms with van der Waals surface area (Å²) in [5.41, 5.74) is 2.71. The Morgan fingerprint density at radius 3 is 2.95 bits per heavy atom. The van der Waals surface area contributed by atoms with Crippen LogP contribution in [0.25, 0.3) is 0 Å². The standard InChI is InChI=1S/C14H17N5O2S/c1-8-11(12(15-2)22-17-8)14(21)19-5-4-9-10(6-19)16-7-18(3)13(9)20/h7,15H,4-6H2,1-3H3. The van der Waals surface area contributed by atoms with Crippen LogP contribution in [0.5, 0.6) is 0 Å². The lowest BCUT2D eigenvalue weighted by atomic mass is 10.1. The molecule has 0 saturated carbocycles. The molecule has 1 aliphatic rings. The summed E-state index contributed by atoms with van der Waals surface area (Å²) in [5.74, 6) is -0.0660. The molecule has 3 rings (SSSR count). The molecule has 0 unspecified atom stereocenters. The van der Waals surface area contributed by atoms with Gasteiger partial charge in [-0.3, -0.25) is 9.59 Å². The molecule has 0 fully saturated rings. The molecule has 0 aliphatic carbocycles. The molecular weight excluding hydrogens is 302 g/mol. The minimum Gasteiger partial charge on any atom is -0.378 e. The maximum absolute atomic E-state index is 12.8. The number of aryl methyl sites for hydroxylation is 2. The first-order chi connectivity index (χ1) is 10.5. The monoisotopic (exact) mass is 319 g/mol. The van der Waals surface area contributed by atoms with Crippen molar-refractivity contribution < 1.29 is 4.79 Å². The summed E-state index contributed by atoms with van der Waals surface area (Å²) in [6.07, 6.45) is 2.04. The molecule has 1 amide bonds. The Morgan fingerprint density at radius 1 is 1.45 bits per heavy atom. The number of carbonyl (C=O) groups excluding carboxylic acids is 1. The SMILES string of the molecule is CNc1snc(C)c1C(=O)N1CCc2c(ncn(C)c2=O)C1. The molecule has 8 heteroatoms. The lowest BCUT2D eigenvalue weighted by molar-refractivity contribution is 0.0731. The molecule has 1 aliphatic heterocycles. The van der Waals surface area contributed by atoms with Gasteiger partial charge in [-0.05, 0) is 24.9 Å². The number of fused-ring (bicyclic) bond motifs is 1. The molecule has 0 radical (unpaired) electrons. The van der Waals surface area contributed by atoms with Gasteiger partial charge in [-0.25, -0.2) is 4.98 Å². The summed E-state index contributed by atoms with van der Waals surface area (Å²) >= 11 is 1.28. The molecule has 7 nitrogen and oxygen atoms in total. The first-order valence-corrected chi connectivity index (χ1v) is 7.77. The van der Waals surface area contributed by atoms with E-state index in [0.29, 0.717) is 36.3 Å². The molecule has 3 heterocycles. The van der Waals surface area contributed by atoms with Crippen molar-refractivity contribution in [2.24, 2.45) is 7.05 Å². The summed E-state index contributed by atoms with van der Waals surface area (Å²) in [7, 11) is 3.47. The highest BCUT2D eigenvalue weighted by Crippen LogP contribution is 2.27. The first kappa shape index (κ1) is 14.7. The summed E-state index contributed by atoms with van der Waals surface area (Å²) in [5, 5.41) is 3.78. The number of anilines is 1. The zero-order valence-electron chi connectivity index (χ0n) is 12.7. The van der Waals surface area contributed by atoms with Gasteiger partial charge in [0.25, 0.3) is 11.5 Å². The van der Waals surface area contributed by atoms with Crippen LogP contribution in [0.4, 0.5) is 5.00 Å². The molecule has 116 valence electrons. The number of nitrogens with zero attached hydrogens (tertiary/aromatic N) is 4. The number of hydrogen-bond acceptors (Lipinski definition) is 6. The second kappa shape index (κ2) is 5.53. The highest BCUT2D eigenvalue weighted by molar-refractivity contribution is 7.10. The normalized spacial score (nSPS) is 13.9. The third-order valence-electron chi connectivity index (χ3n) is 3.88. The van der Waals surface area contributed by atoms with Gasteiger partial charge in [0, 0.05) is 26.2 Å². The lowest BCUT2D eigenvalue weighted by Crippen LogP contribution is -2.40. The number of rotatable bonds is 2. The molecule has 0 bridgehead atoms. The minimum atomic E-state index is -0.0660. The second-order valence-electron chi connectivity index (χ2n) is 5.28. The predicted molar refractivity (Wildman–Crippen MR) is 84.3 cm³/mol. The number of carbonyl (C=O) groups is 1. The smallest absolute Gasteiger partial charge is 0.259 e. The summed E-state index contributed by atoms with van der Waals surface area (Å²) in [4.78, 5) is 30.9. The average molecular weight is 319 g/mol. The minimum absolute atomic E-state index is 0.0265. The highest BCUT2D eigenvalue weighted by atomic mass is 32.1. The van der Waals surface area contributed by atoms with Gasteiger partial charge in [0.1, 0.15) is 5.00 Å². The maximum Gasteiger partial charge on any atom is 0.259 e. The molecule has 0 atom stereocenters. The fraction of sp³-hybridized carbons (Fsp3) is 0.429. The molecule has 0 spiro atoms. The summed E-state index contributed by atoms with van der Waals surface area (Å²) in [6, 6.07) is 0. The maximum atomic E-state index is 12.8. The Bertz CT molecular complexity index is 795. The van der Waals surface area contributed by atoms with E-state index in [9.17, 15) is 9.59 Å². The van der Waals surface area contributed by atoms with Crippen LogP contribution < -0.4 is 10.9 Å². The van der Waals surface area contributed by atoms with Crippen LogP contribution in [0, 0.1) is 6.92 Å². The number of aromatic nitrogens is 3. The molecular formula is C14H17N5O2S. The van der Waals surface area contributed by atoms with Crippen LogP contribution >= 0.6 is 11.5 Å². The Hall–Kier alpha value is -2.22. The first-order valence-electron chi connectivity index (χ1n) is 6.99. The van der Waals surface area contributed by atoms with Gasteiger partial charge in [0.15, 0.2) is 0 Å².